The standard InChI is InChI=1S/C12H11F2N5S/c13-8-2-3-9-11(10(8)14)19(12(20)16-9)6-1-5-18-7-4-15-17-18/h2-4,7H,1,5-6H2,(H,16,20). The van der Waals surface area contributed by atoms with E-state index in [1.165, 1.54) is 6.07 Å². The molecule has 0 amide bonds. The molecule has 0 unspecified atom stereocenters. The highest BCUT2D eigenvalue weighted by molar-refractivity contribution is 7.71. The maximum atomic E-state index is 13.9. The first-order valence-corrected chi connectivity index (χ1v) is 6.48. The van der Waals surface area contributed by atoms with E-state index in [4.69, 9.17) is 12.2 Å². The Hall–Kier alpha value is -2.09. The highest BCUT2D eigenvalue weighted by Gasteiger charge is 2.13. The van der Waals surface area contributed by atoms with Crippen molar-refractivity contribution in [2.24, 2.45) is 0 Å². The molecule has 3 rings (SSSR count). The molecule has 0 spiro atoms. The van der Waals surface area contributed by atoms with Crippen LogP contribution in [0.15, 0.2) is 24.5 Å². The average Bonchev–Trinajstić information content (AvgIpc) is 3.03. The molecule has 0 saturated carbocycles. The van der Waals surface area contributed by atoms with Crippen LogP contribution in [0.4, 0.5) is 8.78 Å². The summed E-state index contributed by atoms with van der Waals surface area (Å²) in [7, 11) is 0. The summed E-state index contributed by atoms with van der Waals surface area (Å²) in [5.74, 6) is -1.76. The number of rotatable bonds is 4. The number of nitrogens with one attached hydrogen (secondary N) is 1. The zero-order valence-electron chi connectivity index (χ0n) is 10.4. The van der Waals surface area contributed by atoms with Crippen molar-refractivity contribution in [3.8, 4) is 0 Å². The van der Waals surface area contributed by atoms with E-state index in [1.807, 2.05) is 0 Å². The minimum Gasteiger partial charge on any atom is -0.330 e. The molecule has 0 bridgehead atoms. The third-order valence-corrected chi connectivity index (χ3v) is 3.39. The van der Waals surface area contributed by atoms with E-state index in [0.29, 0.717) is 29.8 Å². The first kappa shape index (κ1) is 12.9. The van der Waals surface area contributed by atoms with Crippen LogP contribution in [0.1, 0.15) is 6.42 Å². The third kappa shape index (κ3) is 2.22. The lowest BCUT2D eigenvalue weighted by molar-refractivity contribution is 0.497. The fourth-order valence-electron chi connectivity index (χ4n) is 2.15. The number of aromatic nitrogens is 5. The Bertz CT molecular complexity index is 790. The van der Waals surface area contributed by atoms with Gasteiger partial charge in [-0.3, -0.25) is 4.68 Å². The van der Waals surface area contributed by atoms with Gasteiger partial charge in [-0.15, -0.1) is 5.10 Å². The fraction of sp³-hybridized carbons (Fsp3) is 0.250. The summed E-state index contributed by atoms with van der Waals surface area (Å²) < 4.78 is 30.8. The van der Waals surface area contributed by atoms with Gasteiger partial charge < -0.3 is 9.55 Å². The molecule has 20 heavy (non-hydrogen) atoms. The number of imidazole rings is 1. The lowest BCUT2D eigenvalue weighted by atomic mass is 10.3. The van der Waals surface area contributed by atoms with Gasteiger partial charge in [-0.1, -0.05) is 5.21 Å². The second kappa shape index (κ2) is 5.12. The Morgan fingerprint density at radius 2 is 2.10 bits per heavy atom. The fourth-order valence-corrected chi connectivity index (χ4v) is 2.44. The molecule has 1 N–H and O–H groups in total. The van der Waals surface area contributed by atoms with Crippen LogP contribution in [0, 0.1) is 16.4 Å². The van der Waals surface area contributed by atoms with Crippen molar-refractivity contribution < 1.29 is 8.78 Å². The van der Waals surface area contributed by atoms with Gasteiger partial charge in [0.15, 0.2) is 16.4 Å². The summed E-state index contributed by atoms with van der Waals surface area (Å²) in [4.78, 5) is 2.88. The third-order valence-electron chi connectivity index (χ3n) is 3.07. The molecule has 0 radical (unpaired) electrons. The van der Waals surface area contributed by atoms with E-state index in [9.17, 15) is 8.78 Å². The van der Waals surface area contributed by atoms with Crippen LogP contribution in [-0.4, -0.2) is 24.5 Å². The molecule has 0 atom stereocenters. The zero-order valence-corrected chi connectivity index (χ0v) is 11.2. The SMILES string of the molecule is Fc1ccc2[nH]c(=S)n(CCCn3ccnn3)c2c1F. The quantitative estimate of drug-likeness (QED) is 0.753. The van der Waals surface area contributed by atoms with Gasteiger partial charge in [-0.2, -0.15) is 0 Å². The van der Waals surface area contributed by atoms with Crippen molar-refractivity contribution in [1.82, 2.24) is 24.5 Å². The normalized spacial score (nSPS) is 11.3. The van der Waals surface area contributed by atoms with E-state index in [2.05, 4.69) is 15.3 Å². The van der Waals surface area contributed by atoms with Gasteiger partial charge in [0.05, 0.1) is 11.7 Å². The van der Waals surface area contributed by atoms with Gasteiger partial charge in [0.2, 0.25) is 0 Å². The molecule has 5 nitrogen and oxygen atoms in total. The second-order valence-electron chi connectivity index (χ2n) is 4.36. The van der Waals surface area contributed by atoms with Crippen molar-refractivity contribution in [2.75, 3.05) is 0 Å². The van der Waals surface area contributed by atoms with Crippen LogP contribution in [0.2, 0.25) is 0 Å². The molecule has 0 aliphatic rings. The molecular formula is C12H11F2N5S. The number of halogens is 2. The molecule has 0 aliphatic heterocycles. The van der Waals surface area contributed by atoms with Crippen molar-refractivity contribution >= 4 is 23.3 Å². The Kier molecular flexibility index (Phi) is 3.31. The number of fused-ring (bicyclic) bond motifs is 1. The Balaban J connectivity index is 1.89. The van der Waals surface area contributed by atoms with Crippen LogP contribution < -0.4 is 0 Å². The van der Waals surface area contributed by atoms with E-state index in [-0.39, 0.29) is 5.52 Å². The molecular weight excluding hydrogens is 284 g/mol. The Morgan fingerprint density at radius 1 is 1.25 bits per heavy atom. The summed E-state index contributed by atoms with van der Waals surface area (Å²) in [5, 5.41) is 7.54. The van der Waals surface area contributed by atoms with Gasteiger partial charge in [-0.25, -0.2) is 8.78 Å². The number of benzene rings is 1. The van der Waals surface area contributed by atoms with Gasteiger partial charge in [0.25, 0.3) is 0 Å². The van der Waals surface area contributed by atoms with Crippen LogP contribution in [0.5, 0.6) is 0 Å². The molecule has 104 valence electrons. The minimum absolute atomic E-state index is 0.175. The molecule has 8 heteroatoms. The highest BCUT2D eigenvalue weighted by Crippen LogP contribution is 2.20. The van der Waals surface area contributed by atoms with Gasteiger partial charge in [0, 0.05) is 19.3 Å². The van der Waals surface area contributed by atoms with Crippen molar-refractivity contribution in [3.05, 3.63) is 40.9 Å². The maximum absolute atomic E-state index is 13.9. The predicted octanol–water partition coefficient (Wildman–Crippen LogP) is 2.66. The van der Waals surface area contributed by atoms with E-state index >= 15 is 0 Å². The summed E-state index contributed by atoms with van der Waals surface area (Å²) >= 11 is 5.15. The van der Waals surface area contributed by atoms with E-state index < -0.39 is 11.6 Å². The Morgan fingerprint density at radius 3 is 2.85 bits per heavy atom. The van der Waals surface area contributed by atoms with E-state index in [1.54, 1.807) is 21.6 Å². The maximum Gasteiger partial charge on any atom is 0.184 e. The minimum atomic E-state index is -0.879. The number of H-pyrrole nitrogens is 1. The molecule has 0 saturated heterocycles. The lowest BCUT2D eigenvalue weighted by Gasteiger charge is -2.05. The number of nitrogens with zero attached hydrogens (tertiary/aromatic N) is 4. The lowest BCUT2D eigenvalue weighted by Crippen LogP contribution is -2.06. The number of aromatic amines is 1. The largest absolute Gasteiger partial charge is 0.330 e. The average molecular weight is 295 g/mol. The van der Waals surface area contributed by atoms with Crippen LogP contribution in [-0.2, 0) is 13.1 Å². The predicted molar refractivity (Wildman–Crippen MR) is 71.7 cm³/mol. The van der Waals surface area contributed by atoms with Crippen molar-refractivity contribution in [1.29, 1.82) is 0 Å². The summed E-state index contributed by atoms with van der Waals surface area (Å²) in [6.07, 6.45) is 4.02. The number of hydrogen-bond acceptors (Lipinski definition) is 3. The molecule has 3 aromatic rings. The van der Waals surface area contributed by atoms with Crippen molar-refractivity contribution in [2.45, 2.75) is 19.5 Å². The summed E-state index contributed by atoms with van der Waals surface area (Å²) in [5.41, 5.74) is 0.670. The summed E-state index contributed by atoms with van der Waals surface area (Å²) in [6, 6.07) is 2.57. The molecule has 1 aromatic carbocycles. The first-order chi connectivity index (χ1) is 9.66. The van der Waals surface area contributed by atoms with Gasteiger partial charge in [-0.05, 0) is 30.8 Å². The monoisotopic (exact) mass is 295 g/mol. The molecule has 0 aliphatic carbocycles. The second-order valence-corrected chi connectivity index (χ2v) is 4.75. The number of hydrogen-bond donors (Lipinski definition) is 1. The molecule has 2 heterocycles. The topological polar surface area (TPSA) is 51.4 Å². The summed E-state index contributed by atoms with van der Waals surface area (Å²) in [6.45, 7) is 1.10. The first-order valence-electron chi connectivity index (χ1n) is 6.07. The molecule has 0 fully saturated rings. The smallest absolute Gasteiger partial charge is 0.184 e. The van der Waals surface area contributed by atoms with Crippen LogP contribution >= 0.6 is 12.2 Å². The van der Waals surface area contributed by atoms with Crippen LogP contribution in [0.3, 0.4) is 0 Å². The zero-order chi connectivity index (χ0) is 14.1. The van der Waals surface area contributed by atoms with Crippen LogP contribution in [0.25, 0.3) is 11.0 Å². The highest BCUT2D eigenvalue weighted by atomic mass is 32.1. The van der Waals surface area contributed by atoms with Gasteiger partial charge >= 0.3 is 0 Å². The molecule has 2 aromatic heterocycles. The van der Waals surface area contributed by atoms with Crippen molar-refractivity contribution in [3.63, 3.8) is 0 Å². The van der Waals surface area contributed by atoms with E-state index in [0.717, 1.165) is 6.07 Å². The Labute approximate surface area is 117 Å². The van der Waals surface area contributed by atoms with Gasteiger partial charge in [0.1, 0.15) is 5.52 Å². The number of aryl methyl sites for hydroxylation is 2.